The van der Waals surface area contributed by atoms with E-state index < -0.39 is 0 Å². The van der Waals surface area contributed by atoms with Gasteiger partial charge in [0.25, 0.3) is 0 Å². The lowest BCUT2D eigenvalue weighted by molar-refractivity contribution is 0.184. The predicted molar refractivity (Wildman–Crippen MR) is 124 cm³/mol. The van der Waals surface area contributed by atoms with Crippen molar-refractivity contribution in [3.05, 3.63) is 0 Å². The van der Waals surface area contributed by atoms with Gasteiger partial charge >= 0.3 is 0 Å². The minimum atomic E-state index is 0.442. The quantitative estimate of drug-likeness (QED) is 0.287. The third-order valence-corrected chi connectivity index (χ3v) is 10.5. The summed E-state index contributed by atoms with van der Waals surface area (Å²) < 4.78 is 0.442. The first kappa shape index (κ1) is 22.3. The zero-order valence-corrected chi connectivity index (χ0v) is 19.6. The van der Waals surface area contributed by atoms with Crippen molar-refractivity contribution >= 4 is 21.7 Å². The fraction of sp³-hybridized carbons (Fsp3) is 1.00. The maximum atomic E-state index is 6.74. The topological polar surface area (TPSA) is 0 Å². The van der Waals surface area contributed by atoms with Gasteiger partial charge in [0, 0.05) is 4.75 Å². The summed E-state index contributed by atoms with van der Waals surface area (Å²) in [5.41, 5.74) is 0. The van der Waals surface area contributed by atoms with Gasteiger partial charge in [-0.15, -0.1) is 0 Å². The van der Waals surface area contributed by atoms with Crippen LogP contribution in [0.1, 0.15) is 129 Å². The van der Waals surface area contributed by atoms with Crippen molar-refractivity contribution < 1.29 is 0 Å². The van der Waals surface area contributed by atoms with Crippen molar-refractivity contribution in [1.82, 2.24) is 0 Å². The molecule has 0 spiro atoms. The third kappa shape index (κ3) is 5.42. The Bertz CT molecular complexity index is 387. The summed E-state index contributed by atoms with van der Waals surface area (Å²) in [6.45, 7) is 2.31. The molecule has 3 aliphatic rings. The summed E-state index contributed by atoms with van der Waals surface area (Å²) in [5, 5.41) is 0. The van der Waals surface area contributed by atoms with E-state index in [1.54, 1.807) is 11.0 Å². The SMILES string of the molecule is CCCCCCCCCCCCC1(SCl)C2CCCCC2C2CCCCC21. The number of rotatable bonds is 12. The molecule has 0 aromatic rings. The Morgan fingerprint density at radius 1 is 0.667 bits per heavy atom. The molecule has 0 aromatic carbocycles. The predicted octanol–water partition coefficient (Wildman–Crippen LogP) is 9.55. The molecule has 3 fully saturated rings. The highest BCUT2D eigenvalue weighted by Crippen LogP contribution is 2.66. The van der Waals surface area contributed by atoms with Crippen LogP contribution in [0.4, 0.5) is 0 Å². The first-order valence-corrected chi connectivity index (χ1v) is 14.3. The average molecular weight is 413 g/mol. The molecule has 0 aromatic heterocycles. The molecule has 3 aliphatic carbocycles. The lowest BCUT2D eigenvalue weighted by Crippen LogP contribution is -2.38. The largest absolute Gasteiger partial charge is 0.0654 e. The van der Waals surface area contributed by atoms with Crippen LogP contribution in [-0.2, 0) is 0 Å². The van der Waals surface area contributed by atoms with Crippen molar-refractivity contribution in [3.63, 3.8) is 0 Å². The molecule has 0 nitrogen and oxygen atoms in total. The van der Waals surface area contributed by atoms with E-state index in [-0.39, 0.29) is 0 Å². The van der Waals surface area contributed by atoms with Crippen LogP contribution in [0.15, 0.2) is 0 Å². The maximum Gasteiger partial charge on any atom is 0.0373 e. The number of halogens is 1. The van der Waals surface area contributed by atoms with Gasteiger partial charge in [0.2, 0.25) is 0 Å². The fourth-order valence-electron chi connectivity index (χ4n) is 7.24. The molecule has 0 aliphatic heterocycles. The fourth-order valence-corrected chi connectivity index (χ4v) is 9.20. The van der Waals surface area contributed by atoms with E-state index in [1.807, 2.05) is 0 Å². The van der Waals surface area contributed by atoms with Crippen molar-refractivity contribution in [2.45, 2.75) is 134 Å². The van der Waals surface area contributed by atoms with Crippen molar-refractivity contribution in [2.75, 3.05) is 0 Å². The Morgan fingerprint density at radius 3 is 1.59 bits per heavy atom. The van der Waals surface area contributed by atoms with Gasteiger partial charge in [-0.25, -0.2) is 0 Å². The molecule has 2 heteroatoms. The first-order valence-electron chi connectivity index (χ1n) is 12.6. The summed E-state index contributed by atoms with van der Waals surface area (Å²) in [6.07, 6.45) is 27.8. The zero-order valence-electron chi connectivity index (χ0n) is 18.0. The summed E-state index contributed by atoms with van der Waals surface area (Å²) in [6, 6.07) is 0. The zero-order chi connectivity index (χ0) is 19.0. The Balaban J connectivity index is 1.42. The lowest BCUT2D eigenvalue weighted by Gasteiger charge is -2.41. The molecule has 0 heterocycles. The molecule has 4 unspecified atom stereocenters. The Kier molecular flexibility index (Phi) is 9.70. The summed E-state index contributed by atoms with van der Waals surface area (Å²) in [4.78, 5) is 0. The van der Waals surface area contributed by atoms with E-state index in [4.69, 9.17) is 10.7 Å². The molecular formula is C25H45ClS. The van der Waals surface area contributed by atoms with Crippen LogP contribution in [0.3, 0.4) is 0 Å². The van der Waals surface area contributed by atoms with Crippen LogP contribution < -0.4 is 0 Å². The van der Waals surface area contributed by atoms with Crippen LogP contribution in [0.25, 0.3) is 0 Å². The lowest BCUT2D eigenvalue weighted by atomic mass is 9.73. The highest BCUT2D eigenvalue weighted by molar-refractivity contribution is 8.22. The summed E-state index contributed by atoms with van der Waals surface area (Å²) in [7, 11) is 8.55. The number of unbranched alkanes of at least 4 members (excludes halogenated alkanes) is 9. The third-order valence-electron chi connectivity index (χ3n) is 8.51. The molecule has 0 N–H and O–H groups in total. The molecule has 0 amide bonds. The number of fused-ring (bicyclic) bond motifs is 3. The number of hydrogen-bond donors (Lipinski definition) is 0. The number of hydrogen-bond acceptors (Lipinski definition) is 1. The van der Waals surface area contributed by atoms with Crippen LogP contribution in [-0.4, -0.2) is 4.75 Å². The van der Waals surface area contributed by atoms with Crippen LogP contribution in [0.2, 0.25) is 0 Å². The van der Waals surface area contributed by atoms with Crippen LogP contribution in [0, 0.1) is 23.7 Å². The Morgan fingerprint density at radius 2 is 1.11 bits per heavy atom. The monoisotopic (exact) mass is 412 g/mol. The van der Waals surface area contributed by atoms with Crippen LogP contribution in [0.5, 0.6) is 0 Å². The van der Waals surface area contributed by atoms with Gasteiger partial charge in [0.05, 0.1) is 0 Å². The van der Waals surface area contributed by atoms with E-state index in [0.717, 1.165) is 23.7 Å². The Labute approximate surface area is 178 Å². The van der Waals surface area contributed by atoms with Crippen molar-refractivity contribution in [1.29, 1.82) is 0 Å². The second-order valence-corrected chi connectivity index (χ2v) is 11.5. The standard InChI is InChI=1S/C25H45ClS/c1-2-3-4-5-6-7-8-9-10-15-20-25(27-26)23-18-13-11-16-21(23)22-17-12-14-19-24(22)25/h21-24H,2-20H2,1H3. The highest BCUT2D eigenvalue weighted by atomic mass is 35.7. The molecule has 3 rings (SSSR count). The summed E-state index contributed by atoms with van der Waals surface area (Å²) in [5.74, 6) is 3.94. The van der Waals surface area contributed by atoms with E-state index >= 15 is 0 Å². The van der Waals surface area contributed by atoms with Gasteiger partial charge in [-0.2, -0.15) is 0 Å². The molecule has 158 valence electrons. The van der Waals surface area contributed by atoms with Crippen molar-refractivity contribution in [2.24, 2.45) is 23.7 Å². The first-order chi connectivity index (χ1) is 13.3. The van der Waals surface area contributed by atoms with Gasteiger partial charge < -0.3 is 0 Å². The van der Waals surface area contributed by atoms with Crippen molar-refractivity contribution in [3.8, 4) is 0 Å². The molecule has 3 saturated carbocycles. The molecular weight excluding hydrogens is 368 g/mol. The normalized spacial score (nSPS) is 35.8. The maximum absolute atomic E-state index is 6.74. The van der Waals surface area contributed by atoms with E-state index in [9.17, 15) is 0 Å². The van der Waals surface area contributed by atoms with E-state index in [0.29, 0.717) is 4.75 Å². The van der Waals surface area contributed by atoms with E-state index in [1.165, 1.54) is 122 Å². The highest BCUT2D eigenvalue weighted by Gasteiger charge is 2.59. The smallest absolute Gasteiger partial charge is 0.0373 e. The van der Waals surface area contributed by atoms with Crippen LogP contribution >= 0.6 is 21.7 Å². The van der Waals surface area contributed by atoms with Gasteiger partial charge in [-0.3, -0.25) is 0 Å². The Hall–Kier alpha value is 0.640. The molecule has 0 saturated heterocycles. The van der Waals surface area contributed by atoms with E-state index in [2.05, 4.69) is 6.92 Å². The minimum absolute atomic E-state index is 0.442. The second kappa shape index (κ2) is 11.7. The molecule has 0 radical (unpaired) electrons. The van der Waals surface area contributed by atoms with Gasteiger partial charge in [-0.1, -0.05) is 96.8 Å². The average Bonchev–Trinajstić information content (AvgIpc) is 3.00. The minimum Gasteiger partial charge on any atom is -0.0654 e. The van der Waals surface area contributed by atoms with Gasteiger partial charge in [0.15, 0.2) is 0 Å². The molecule has 4 atom stereocenters. The van der Waals surface area contributed by atoms with Gasteiger partial charge in [0.1, 0.15) is 0 Å². The molecule has 0 bridgehead atoms. The van der Waals surface area contributed by atoms with Gasteiger partial charge in [-0.05, 0) is 77.4 Å². The second-order valence-electron chi connectivity index (χ2n) is 10.1. The summed E-state index contributed by atoms with van der Waals surface area (Å²) >= 11 is 0. The molecule has 27 heavy (non-hydrogen) atoms.